The first-order valence-corrected chi connectivity index (χ1v) is 5.00. The molecule has 0 aliphatic carbocycles. The maximum atomic E-state index is 11.9. The fourth-order valence-electron chi connectivity index (χ4n) is 1.49. The Bertz CT molecular complexity index is 275. The zero-order valence-electron chi connectivity index (χ0n) is 9.32. The van der Waals surface area contributed by atoms with Gasteiger partial charge in [-0.3, -0.25) is 9.59 Å². The highest BCUT2D eigenvalue weighted by Crippen LogP contribution is 2.20. The lowest BCUT2D eigenvalue weighted by atomic mass is 9.91. The van der Waals surface area contributed by atoms with E-state index < -0.39 is 11.4 Å². The summed E-state index contributed by atoms with van der Waals surface area (Å²) in [4.78, 5) is 24.4. The molecule has 1 aliphatic heterocycles. The minimum absolute atomic E-state index is 0.0210. The average molecular weight is 215 g/mol. The van der Waals surface area contributed by atoms with Gasteiger partial charge in [0.05, 0.1) is 12.7 Å². The molecule has 1 aliphatic rings. The maximum Gasteiger partial charge on any atom is 0.318 e. The van der Waals surface area contributed by atoms with E-state index in [1.54, 1.807) is 4.90 Å². The Labute approximate surface area is 89.0 Å². The van der Waals surface area contributed by atoms with Crippen LogP contribution >= 0.6 is 0 Å². The van der Waals surface area contributed by atoms with Crippen LogP contribution in [0.2, 0.25) is 0 Å². The number of carboxylic acids is 1. The molecule has 0 aromatic rings. The van der Waals surface area contributed by atoms with Crippen LogP contribution in [-0.2, 0) is 14.3 Å². The standard InChI is InChI=1S/C10H17NO4/c1-7-6-11(4-5-15-7)8(12)10(2,3)9(13)14/h7H,4-6H2,1-3H3,(H,13,14). The van der Waals surface area contributed by atoms with Crippen molar-refractivity contribution in [3.05, 3.63) is 0 Å². The van der Waals surface area contributed by atoms with Crippen molar-refractivity contribution in [2.45, 2.75) is 26.9 Å². The van der Waals surface area contributed by atoms with E-state index >= 15 is 0 Å². The summed E-state index contributed by atoms with van der Waals surface area (Å²) in [5.41, 5.74) is -1.35. The van der Waals surface area contributed by atoms with E-state index in [4.69, 9.17) is 9.84 Å². The van der Waals surface area contributed by atoms with Crippen LogP contribution in [0.4, 0.5) is 0 Å². The summed E-state index contributed by atoms with van der Waals surface area (Å²) < 4.78 is 5.29. The first-order chi connectivity index (χ1) is 6.85. The fraction of sp³-hybridized carbons (Fsp3) is 0.800. The van der Waals surface area contributed by atoms with Crippen molar-refractivity contribution in [3.63, 3.8) is 0 Å². The van der Waals surface area contributed by atoms with Crippen LogP contribution < -0.4 is 0 Å². The molecule has 1 atom stereocenters. The summed E-state index contributed by atoms with van der Waals surface area (Å²) in [7, 11) is 0. The molecular weight excluding hydrogens is 198 g/mol. The van der Waals surface area contributed by atoms with E-state index in [2.05, 4.69) is 0 Å². The van der Waals surface area contributed by atoms with Crippen molar-refractivity contribution < 1.29 is 19.4 Å². The summed E-state index contributed by atoms with van der Waals surface area (Å²) in [5, 5.41) is 8.93. The third-order valence-electron chi connectivity index (χ3n) is 2.60. The van der Waals surface area contributed by atoms with Gasteiger partial charge < -0.3 is 14.7 Å². The lowest BCUT2D eigenvalue weighted by molar-refractivity contribution is -0.161. The third kappa shape index (κ3) is 2.47. The molecule has 0 aromatic carbocycles. The Morgan fingerprint density at radius 1 is 1.47 bits per heavy atom. The highest BCUT2D eigenvalue weighted by Gasteiger charge is 2.40. The molecule has 0 bridgehead atoms. The molecule has 5 nitrogen and oxygen atoms in total. The molecule has 1 rings (SSSR count). The van der Waals surface area contributed by atoms with Gasteiger partial charge >= 0.3 is 5.97 Å². The quantitative estimate of drug-likeness (QED) is 0.675. The van der Waals surface area contributed by atoms with Gasteiger partial charge in [-0.05, 0) is 20.8 Å². The van der Waals surface area contributed by atoms with Crippen molar-refractivity contribution in [3.8, 4) is 0 Å². The van der Waals surface area contributed by atoms with Crippen molar-refractivity contribution in [2.75, 3.05) is 19.7 Å². The second-order valence-corrected chi connectivity index (χ2v) is 4.36. The van der Waals surface area contributed by atoms with E-state index in [-0.39, 0.29) is 12.0 Å². The molecule has 1 heterocycles. The van der Waals surface area contributed by atoms with Crippen molar-refractivity contribution in [2.24, 2.45) is 5.41 Å². The molecule has 86 valence electrons. The number of ether oxygens (including phenoxy) is 1. The van der Waals surface area contributed by atoms with Crippen LogP contribution in [0.15, 0.2) is 0 Å². The second-order valence-electron chi connectivity index (χ2n) is 4.36. The number of amides is 1. The molecule has 0 radical (unpaired) electrons. The lowest BCUT2D eigenvalue weighted by Crippen LogP contribution is -2.51. The smallest absolute Gasteiger partial charge is 0.318 e. The molecule has 0 saturated carbocycles. The van der Waals surface area contributed by atoms with Gasteiger partial charge in [-0.25, -0.2) is 0 Å². The number of hydrogen-bond acceptors (Lipinski definition) is 3. The van der Waals surface area contributed by atoms with E-state index in [1.165, 1.54) is 13.8 Å². The molecule has 0 aromatic heterocycles. The third-order valence-corrected chi connectivity index (χ3v) is 2.60. The molecule has 0 spiro atoms. The number of carbonyl (C=O) groups is 2. The number of nitrogens with zero attached hydrogens (tertiary/aromatic N) is 1. The van der Waals surface area contributed by atoms with Crippen LogP contribution in [0.3, 0.4) is 0 Å². The van der Waals surface area contributed by atoms with Crippen LogP contribution in [-0.4, -0.2) is 47.7 Å². The monoisotopic (exact) mass is 215 g/mol. The van der Waals surface area contributed by atoms with Gasteiger partial charge in [0.25, 0.3) is 0 Å². The summed E-state index contributed by atoms with van der Waals surface area (Å²) >= 11 is 0. The van der Waals surface area contributed by atoms with E-state index in [0.717, 1.165) is 0 Å². The SMILES string of the molecule is CC1CN(C(=O)C(C)(C)C(=O)O)CCO1. The normalized spacial score (nSPS) is 22.6. The maximum absolute atomic E-state index is 11.9. The highest BCUT2D eigenvalue weighted by atomic mass is 16.5. The highest BCUT2D eigenvalue weighted by molar-refractivity contribution is 6.01. The minimum Gasteiger partial charge on any atom is -0.480 e. The van der Waals surface area contributed by atoms with Crippen LogP contribution in [0.5, 0.6) is 0 Å². The number of morpholine rings is 1. The van der Waals surface area contributed by atoms with Gasteiger partial charge in [-0.2, -0.15) is 0 Å². The van der Waals surface area contributed by atoms with E-state index in [0.29, 0.717) is 19.7 Å². The average Bonchev–Trinajstić information content (AvgIpc) is 2.16. The zero-order chi connectivity index (χ0) is 11.6. The van der Waals surface area contributed by atoms with Gasteiger partial charge in [0.15, 0.2) is 0 Å². The molecule has 1 saturated heterocycles. The first kappa shape index (κ1) is 12.0. The summed E-state index contributed by atoms with van der Waals surface area (Å²) in [6.07, 6.45) is -0.0210. The van der Waals surface area contributed by atoms with Crippen LogP contribution in [0, 0.1) is 5.41 Å². The Hall–Kier alpha value is -1.10. The van der Waals surface area contributed by atoms with Crippen LogP contribution in [0.1, 0.15) is 20.8 Å². The molecule has 15 heavy (non-hydrogen) atoms. The summed E-state index contributed by atoms with van der Waals surface area (Å²) in [6.45, 7) is 6.14. The molecule has 5 heteroatoms. The van der Waals surface area contributed by atoms with Gasteiger partial charge in [0.2, 0.25) is 5.91 Å². The number of aliphatic carboxylic acids is 1. The Kier molecular flexibility index (Phi) is 3.34. The van der Waals surface area contributed by atoms with E-state index in [9.17, 15) is 9.59 Å². The van der Waals surface area contributed by atoms with Gasteiger partial charge in [-0.15, -0.1) is 0 Å². The van der Waals surface area contributed by atoms with Gasteiger partial charge in [-0.1, -0.05) is 0 Å². The molecule has 1 amide bonds. The van der Waals surface area contributed by atoms with Crippen molar-refractivity contribution in [1.82, 2.24) is 4.90 Å². The Balaban J connectivity index is 2.71. The number of carboxylic acid groups (broad SMARTS) is 1. The Morgan fingerprint density at radius 2 is 2.07 bits per heavy atom. The zero-order valence-corrected chi connectivity index (χ0v) is 9.32. The number of carbonyl (C=O) groups excluding carboxylic acids is 1. The predicted octanol–water partition coefficient (Wildman–Crippen LogP) is 0.344. The largest absolute Gasteiger partial charge is 0.480 e. The molecule has 1 N–H and O–H groups in total. The predicted molar refractivity (Wildman–Crippen MR) is 53.4 cm³/mol. The second kappa shape index (κ2) is 4.18. The summed E-state index contributed by atoms with van der Waals surface area (Å²) in [6, 6.07) is 0. The van der Waals surface area contributed by atoms with Crippen molar-refractivity contribution in [1.29, 1.82) is 0 Å². The molecular formula is C10H17NO4. The number of rotatable bonds is 2. The van der Waals surface area contributed by atoms with E-state index in [1.807, 2.05) is 6.92 Å². The molecule has 1 fully saturated rings. The topological polar surface area (TPSA) is 66.8 Å². The van der Waals surface area contributed by atoms with Crippen molar-refractivity contribution >= 4 is 11.9 Å². The molecule has 1 unspecified atom stereocenters. The lowest BCUT2D eigenvalue weighted by Gasteiger charge is -2.34. The first-order valence-electron chi connectivity index (χ1n) is 5.00. The minimum atomic E-state index is -1.35. The fourth-order valence-corrected chi connectivity index (χ4v) is 1.49. The Morgan fingerprint density at radius 3 is 2.53 bits per heavy atom. The van der Waals surface area contributed by atoms with Crippen LogP contribution in [0.25, 0.3) is 0 Å². The van der Waals surface area contributed by atoms with Gasteiger partial charge in [0, 0.05) is 13.1 Å². The van der Waals surface area contributed by atoms with Gasteiger partial charge in [0.1, 0.15) is 5.41 Å². The summed E-state index contributed by atoms with van der Waals surface area (Å²) in [5.74, 6) is -1.43. The number of hydrogen-bond donors (Lipinski definition) is 1.